The Morgan fingerprint density at radius 1 is 1.16 bits per heavy atom. The van der Waals surface area contributed by atoms with Crippen molar-refractivity contribution in [1.82, 2.24) is 9.71 Å². The molecule has 2 heterocycles. The quantitative estimate of drug-likeness (QED) is 0.560. The molecule has 0 fully saturated rings. The zero-order valence-corrected chi connectivity index (χ0v) is 18.4. The fourth-order valence-corrected chi connectivity index (χ4v) is 4.25. The van der Waals surface area contributed by atoms with Crippen LogP contribution >= 0.6 is 0 Å². The molecule has 0 radical (unpaired) electrons. The molecule has 1 aliphatic rings. The third kappa shape index (κ3) is 4.87. The minimum absolute atomic E-state index is 0.150. The summed E-state index contributed by atoms with van der Waals surface area (Å²) >= 11 is 0. The molecule has 164 valence electrons. The number of amides is 1. The molecular formula is C24H23N3O4S. The van der Waals surface area contributed by atoms with E-state index in [1.54, 1.807) is 29.3 Å². The minimum Gasteiger partial charge on any atom is -0.487 e. The van der Waals surface area contributed by atoms with Gasteiger partial charge < -0.3 is 9.64 Å². The van der Waals surface area contributed by atoms with Gasteiger partial charge in [-0.15, -0.1) is 0 Å². The van der Waals surface area contributed by atoms with Gasteiger partial charge in [-0.2, -0.15) is 0 Å². The van der Waals surface area contributed by atoms with E-state index in [0.29, 0.717) is 19.6 Å². The molecule has 0 aliphatic carbocycles. The number of rotatable bonds is 7. The average molecular weight is 450 g/mol. The van der Waals surface area contributed by atoms with Crippen molar-refractivity contribution in [2.24, 2.45) is 0 Å². The average Bonchev–Trinajstić information content (AvgIpc) is 3.26. The van der Waals surface area contributed by atoms with Crippen LogP contribution in [0, 0.1) is 0 Å². The lowest BCUT2D eigenvalue weighted by Gasteiger charge is -2.15. The van der Waals surface area contributed by atoms with E-state index in [9.17, 15) is 13.2 Å². The molecular weight excluding hydrogens is 426 g/mol. The second kappa shape index (κ2) is 9.33. The van der Waals surface area contributed by atoms with Gasteiger partial charge in [-0.25, -0.2) is 13.1 Å². The molecule has 1 aromatic heterocycles. The molecule has 0 saturated carbocycles. The highest BCUT2D eigenvalue weighted by Crippen LogP contribution is 2.30. The summed E-state index contributed by atoms with van der Waals surface area (Å²) in [6.07, 6.45) is 5.62. The maximum absolute atomic E-state index is 12.7. The number of hydrogen-bond donors (Lipinski definition) is 1. The Balaban J connectivity index is 1.39. The molecule has 32 heavy (non-hydrogen) atoms. The van der Waals surface area contributed by atoms with E-state index in [2.05, 4.69) is 9.71 Å². The molecule has 8 heteroatoms. The molecule has 1 amide bonds. The van der Waals surface area contributed by atoms with Gasteiger partial charge in [0.15, 0.2) is 0 Å². The maximum Gasteiger partial charge on any atom is 0.251 e. The highest BCUT2D eigenvalue weighted by molar-refractivity contribution is 7.89. The molecule has 0 spiro atoms. The summed E-state index contributed by atoms with van der Waals surface area (Å²) in [5.41, 5.74) is 3.31. The minimum atomic E-state index is -3.51. The van der Waals surface area contributed by atoms with Crippen LogP contribution in [-0.4, -0.2) is 32.9 Å². The number of pyridine rings is 1. The van der Waals surface area contributed by atoms with Gasteiger partial charge >= 0.3 is 0 Å². The lowest BCUT2D eigenvalue weighted by molar-refractivity contribution is -0.114. The number of anilines is 1. The Morgan fingerprint density at radius 3 is 2.69 bits per heavy atom. The fraction of sp³-hybridized carbons (Fsp3) is 0.167. The van der Waals surface area contributed by atoms with Crippen molar-refractivity contribution in [1.29, 1.82) is 0 Å². The van der Waals surface area contributed by atoms with Crippen LogP contribution in [0.15, 0.2) is 77.8 Å². The molecule has 0 saturated heterocycles. The van der Waals surface area contributed by atoms with E-state index in [0.717, 1.165) is 28.3 Å². The third-order valence-electron chi connectivity index (χ3n) is 5.20. The zero-order chi connectivity index (χ0) is 22.6. The number of nitrogens with zero attached hydrogens (tertiary/aromatic N) is 2. The topological polar surface area (TPSA) is 88.6 Å². The Morgan fingerprint density at radius 2 is 1.97 bits per heavy atom. The fourth-order valence-electron chi connectivity index (χ4n) is 3.47. The van der Waals surface area contributed by atoms with Gasteiger partial charge in [0, 0.05) is 24.5 Å². The first-order valence-electron chi connectivity index (χ1n) is 10.1. The molecule has 1 aliphatic heterocycles. The van der Waals surface area contributed by atoms with Crippen molar-refractivity contribution in [3.63, 3.8) is 0 Å². The normalized spacial score (nSPS) is 13.3. The molecule has 0 unspecified atom stereocenters. The van der Waals surface area contributed by atoms with Gasteiger partial charge in [0.2, 0.25) is 10.0 Å². The van der Waals surface area contributed by atoms with Crippen LogP contribution in [0.4, 0.5) is 5.69 Å². The number of sulfonamides is 1. The van der Waals surface area contributed by atoms with E-state index in [1.165, 1.54) is 19.2 Å². The molecule has 3 aromatic rings. The van der Waals surface area contributed by atoms with Crippen LogP contribution in [-0.2, 0) is 27.8 Å². The van der Waals surface area contributed by atoms with Gasteiger partial charge in [-0.1, -0.05) is 18.2 Å². The van der Waals surface area contributed by atoms with Crippen molar-refractivity contribution in [2.45, 2.75) is 17.9 Å². The SMILES string of the molecule is CNS(=O)(=O)c1ccc2c(c1)CCN2C(=O)/C=C/c1ccc(OCc2ccccn2)cc1. The van der Waals surface area contributed by atoms with Gasteiger partial charge in [-0.3, -0.25) is 9.78 Å². The molecule has 0 bridgehead atoms. The summed E-state index contributed by atoms with van der Waals surface area (Å²) in [4.78, 5) is 18.8. The van der Waals surface area contributed by atoms with Crippen LogP contribution in [0.2, 0.25) is 0 Å². The van der Waals surface area contributed by atoms with Gasteiger partial charge in [-0.05, 0) is 73.1 Å². The Hall–Kier alpha value is -3.49. The summed E-state index contributed by atoms with van der Waals surface area (Å²) in [5, 5.41) is 0. The van der Waals surface area contributed by atoms with Crippen LogP contribution < -0.4 is 14.4 Å². The third-order valence-corrected chi connectivity index (χ3v) is 6.61. The number of nitrogens with one attached hydrogen (secondary N) is 1. The van der Waals surface area contributed by atoms with Crippen LogP contribution in [0.3, 0.4) is 0 Å². The van der Waals surface area contributed by atoms with Crippen molar-refractivity contribution >= 4 is 27.7 Å². The maximum atomic E-state index is 12.7. The summed E-state index contributed by atoms with van der Waals surface area (Å²) in [5.74, 6) is 0.573. The first-order valence-corrected chi connectivity index (χ1v) is 11.6. The largest absolute Gasteiger partial charge is 0.487 e. The van der Waals surface area contributed by atoms with E-state index < -0.39 is 10.0 Å². The number of aromatic nitrogens is 1. The molecule has 7 nitrogen and oxygen atoms in total. The standard InChI is InChI=1S/C24H23N3O4S/c1-25-32(29,30)22-10-11-23-19(16-22)13-15-27(23)24(28)12-7-18-5-8-21(9-6-18)31-17-20-4-2-3-14-26-20/h2-12,14,16,25H,13,15,17H2,1H3/b12-7+. The monoisotopic (exact) mass is 449 g/mol. The van der Waals surface area contributed by atoms with Crippen LogP contribution in [0.5, 0.6) is 5.75 Å². The Labute approximate surface area is 187 Å². The van der Waals surface area contributed by atoms with Crippen LogP contribution in [0.1, 0.15) is 16.8 Å². The van der Waals surface area contributed by atoms with Gasteiger partial charge in [0.05, 0.1) is 10.6 Å². The number of benzene rings is 2. The summed E-state index contributed by atoms with van der Waals surface area (Å²) < 4.78 is 32.0. The van der Waals surface area contributed by atoms with Gasteiger partial charge in [0.1, 0.15) is 12.4 Å². The highest BCUT2D eigenvalue weighted by Gasteiger charge is 2.25. The second-order valence-corrected chi connectivity index (χ2v) is 9.14. The second-order valence-electron chi connectivity index (χ2n) is 7.25. The molecule has 0 atom stereocenters. The molecule has 4 rings (SSSR count). The first-order chi connectivity index (χ1) is 15.5. The zero-order valence-electron chi connectivity index (χ0n) is 17.6. The number of ether oxygens (including phenoxy) is 1. The van der Waals surface area contributed by atoms with Crippen LogP contribution in [0.25, 0.3) is 6.08 Å². The van der Waals surface area contributed by atoms with Crippen molar-refractivity contribution in [3.05, 3.63) is 89.8 Å². The number of carbonyl (C=O) groups is 1. The Bertz CT molecular complexity index is 1240. The van der Waals surface area contributed by atoms with E-state index in [-0.39, 0.29) is 10.8 Å². The number of carbonyl (C=O) groups excluding carboxylic acids is 1. The summed E-state index contributed by atoms with van der Waals surface area (Å²) in [6.45, 7) is 0.905. The van der Waals surface area contributed by atoms with Crippen molar-refractivity contribution in [2.75, 3.05) is 18.5 Å². The lowest BCUT2D eigenvalue weighted by atomic mass is 10.2. The van der Waals surface area contributed by atoms with E-state index in [1.807, 2.05) is 42.5 Å². The highest BCUT2D eigenvalue weighted by atomic mass is 32.2. The van der Waals surface area contributed by atoms with Crippen molar-refractivity contribution < 1.29 is 17.9 Å². The van der Waals surface area contributed by atoms with Gasteiger partial charge in [0.25, 0.3) is 5.91 Å². The predicted molar refractivity (Wildman–Crippen MR) is 123 cm³/mol. The lowest BCUT2D eigenvalue weighted by Crippen LogP contribution is -2.26. The molecule has 1 N–H and O–H groups in total. The smallest absolute Gasteiger partial charge is 0.251 e. The summed E-state index contributed by atoms with van der Waals surface area (Å²) in [6, 6.07) is 18.0. The number of fused-ring (bicyclic) bond motifs is 1. The Kier molecular flexibility index (Phi) is 6.34. The summed E-state index contributed by atoms with van der Waals surface area (Å²) in [7, 11) is -2.13. The van der Waals surface area contributed by atoms with Crippen molar-refractivity contribution in [3.8, 4) is 5.75 Å². The van der Waals surface area contributed by atoms with E-state index in [4.69, 9.17) is 4.74 Å². The first kappa shape index (κ1) is 21.7. The molecule has 2 aromatic carbocycles. The van der Waals surface area contributed by atoms with E-state index >= 15 is 0 Å². The number of hydrogen-bond acceptors (Lipinski definition) is 5. The predicted octanol–water partition coefficient (Wildman–Crippen LogP) is 3.17.